The lowest BCUT2D eigenvalue weighted by Gasteiger charge is -2.26. The molecule has 2 aromatic carbocycles. The van der Waals surface area contributed by atoms with Crippen LogP contribution in [0.5, 0.6) is 5.75 Å². The van der Waals surface area contributed by atoms with Gasteiger partial charge in [-0.25, -0.2) is 9.69 Å². The summed E-state index contributed by atoms with van der Waals surface area (Å²) >= 11 is 0. The molecule has 0 atom stereocenters. The van der Waals surface area contributed by atoms with Crippen LogP contribution in [0.15, 0.2) is 66.8 Å². The first-order valence-corrected chi connectivity index (χ1v) is 8.87. The summed E-state index contributed by atoms with van der Waals surface area (Å²) in [4.78, 5) is 38.4. The minimum absolute atomic E-state index is 0.125. The molecule has 6 heteroatoms. The lowest BCUT2D eigenvalue weighted by Crippen LogP contribution is -2.54. The molecule has 4 amide bonds. The Kier molecular flexibility index (Phi) is 5.69. The van der Waals surface area contributed by atoms with E-state index in [0.29, 0.717) is 23.6 Å². The van der Waals surface area contributed by atoms with Crippen molar-refractivity contribution in [3.8, 4) is 5.75 Å². The molecule has 0 aromatic heterocycles. The molecule has 0 radical (unpaired) electrons. The summed E-state index contributed by atoms with van der Waals surface area (Å²) in [7, 11) is 0. The number of hydrogen-bond acceptors (Lipinski definition) is 4. The van der Waals surface area contributed by atoms with E-state index in [0.717, 1.165) is 16.9 Å². The highest BCUT2D eigenvalue weighted by Gasteiger charge is 2.36. The fourth-order valence-electron chi connectivity index (χ4n) is 2.79. The van der Waals surface area contributed by atoms with Crippen LogP contribution in [0.3, 0.4) is 0 Å². The Balaban J connectivity index is 1.93. The fourth-order valence-corrected chi connectivity index (χ4v) is 2.79. The molecule has 1 fully saturated rings. The van der Waals surface area contributed by atoms with Crippen molar-refractivity contribution in [3.05, 3.63) is 77.9 Å². The SMILES string of the molecule is C=CCOc1cccc(/C=C2/C(=O)NC(=O)N(c3ccc(CC)cc3)C2=O)c1. The standard InChI is InChI=1S/C22H20N2O4/c1-3-12-28-18-7-5-6-16(13-18)14-19-20(25)23-22(27)24(21(19)26)17-10-8-15(4-2)9-11-17/h3,5-11,13-14H,1,4,12H2,2H3,(H,23,25,27)/b19-14-. The highest BCUT2D eigenvalue weighted by Crippen LogP contribution is 2.23. The number of nitrogens with zero attached hydrogens (tertiary/aromatic N) is 1. The first-order valence-electron chi connectivity index (χ1n) is 8.87. The average molecular weight is 376 g/mol. The molecule has 1 aliphatic heterocycles. The summed E-state index contributed by atoms with van der Waals surface area (Å²) in [5.74, 6) is -0.815. The molecule has 0 saturated carbocycles. The number of rotatable bonds is 6. The Morgan fingerprint density at radius 2 is 1.86 bits per heavy atom. The number of urea groups is 1. The van der Waals surface area contributed by atoms with Crippen LogP contribution in [0.2, 0.25) is 0 Å². The Labute approximate surface area is 163 Å². The second-order valence-electron chi connectivity index (χ2n) is 6.15. The summed E-state index contributed by atoms with van der Waals surface area (Å²) in [5, 5.41) is 2.22. The van der Waals surface area contributed by atoms with E-state index < -0.39 is 17.8 Å². The number of aryl methyl sites for hydroxylation is 1. The van der Waals surface area contributed by atoms with Crippen LogP contribution >= 0.6 is 0 Å². The van der Waals surface area contributed by atoms with E-state index in [1.807, 2.05) is 19.1 Å². The third kappa shape index (κ3) is 4.01. The molecule has 1 N–H and O–H groups in total. The van der Waals surface area contributed by atoms with E-state index >= 15 is 0 Å². The molecule has 2 aromatic rings. The first kappa shape index (κ1) is 19.1. The largest absolute Gasteiger partial charge is 0.490 e. The topological polar surface area (TPSA) is 75.7 Å². The zero-order valence-electron chi connectivity index (χ0n) is 15.5. The van der Waals surface area contributed by atoms with E-state index in [-0.39, 0.29) is 5.57 Å². The number of barbiturate groups is 1. The maximum atomic E-state index is 12.9. The maximum absolute atomic E-state index is 12.9. The van der Waals surface area contributed by atoms with E-state index in [9.17, 15) is 14.4 Å². The molecule has 142 valence electrons. The molecule has 0 bridgehead atoms. The smallest absolute Gasteiger partial charge is 0.335 e. The Morgan fingerprint density at radius 3 is 2.54 bits per heavy atom. The molecule has 0 unspecified atom stereocenters. The van der Waals surface area contributed by atoms with Crippen LogP contribution in [0.4, 0.5) is 10.5 Å². The van der Waals surface area contributed by atoms with Crippen LogP contribution < -0.4 is 15.0 Å². The number of ether oxygens (including phenoxy) is 1. The van der Waals surface area contributed by atoms with Crippen molar-refractivity contribution in [2.45, 2.75) is 13.3 Å². The molecule has 1 heterocycles. The average Bonchev–Trinajstić information content (AvgIpc) is 2.70. The summed E-state index contributed by atoms with van der Waals surface area (Å²) in [6.07, 6.45) is 3.91. The van der Waals surface area contributed by atoms with Crippen molar-refractivity contribution >= 4 is 29.6 Å². The zero-order chi connectivity index (χ0) is 20.1. The third-order valence-electron chi connectivity index (χ3n) is 4.24. The van der Waals surface area contributed by atoms with E-state index in [2.05, 4.69) is 11.9 Å². The zero-order valence-corrected chi connectivity index (χ0v) is 15.5. The second-order valence-corrected chi connectivity index (χ2v) is 6.15. The fraction of sp³-hybridized carbons (Fsp3) is 0.136. The normalized spacial score (nSPS) is 15.5. The van der Waals surface area contributed by atoms with Crippen LogP contribution in [-0.2, 0) is 16.0 Å². The monoisotopic (exact) mass is 376 g/mol. The number of amides is 4. The second kappa shape index (κ2) is 8.35. The molecule has 28 heavy (non-hydrogen) atoms. The van der Waals surface area contributed by atoms with Crippen LogP contribution in [0.1, 0.15) is 18.1 Å². The van der Waals surface area contributed by atoms with Crippen molar-refractivity contribution in [1.82, 2.24) is 5.32 Å². The molecule has 1 saturated heterocycles. The predicted molar refractivity (Wildman–Crippen MR) is 107 cm³/mol. The van der Waals surface area contributed by atoms with Gasteiger partial charge in [0.25, 0.3) is 11.8 Å². The highest BCUT2D eigenvalue weighted by atomic mass is 16.5. The number of nitrogens with one attached hydrogen (secondary N) is 1. The summed E-state index contributed by atoms with van der Waals surface area (Å²) < 4.78 is 5.47. The van der Waals surface area contributed by atoms with Gasteiger partial charge in [0.05, 0.1) is 5.69 Å². The molecule has 1 aliphatic rings. The van der Waals surface area contributed by atoms with E-state index in [1.165, 1.54) is 6.08 Å². The molecule has 0 aliphatic carbocycles. The summed E-state index contributed by atoms with van der Waals surface area (Å²) in [6.45, 7) is 5.95. The van der Waals surface area contributed by atoms with Gasteiger partial charge in [-0.3, -0.25) is 14.9 Å². The lowest BCUT2D eigenvalue weighted by atomic mass is 10.1. The van der Waals surface area contributed by atoms with Crippen LogP contribution in [0.25, 0.3) is 6.08 Å². The van der Waals surface area contributed by atoms with Gasteiger partial charge in [0, 0.05) is 0 Å². The number of carbonyl (C=O) groups excluding carboxylic acids is 3. The molecule has 0 spiro atoms. The van der Waals surface area contributed by atoms with E-state index in [1.54, 1.807) is 42.5 Å². The first-order chi connectivity index (χ1) is 13.5. The van der Waals surface area contributed by atoms with Gasteiger partial charge in [0.15, 0.2) is 0 Å². The van der Waals surface area contributed by atoms with Gasteiger partial charge in [-0.15, -0.1) is 0 Å². The van der Waals surface area contributed by atoms with Crippen molar-refractivity contribution in [2.24, 2.45) is 0 Å². The minimum atomic E-state index is -0.764. The highest BCUT2D eigenvalue weighted by molar-refractivity contribution is 6.39. The Bertz CT molecular complexity index is 961. The van der Waals surface area contributed by atoms with Gasteiger partial charge >= 0.3 is 6.03 Å². The third-order valence-corrected chi connectivity index (χ3v) is 4.24. The molecular weight excluding hydrogens is 356 g/mol. The summed E-state index contributed by atoms with van der Waals surface area (Å²) in [5.41, 5.74) is 1.97. The number of carbonyl (C=O) groups is 3. The number of imide groups is 2. The minimum Gasteiger partial charge on any atom is -0.490 e. The van der Waals surface area contributed by atoms with Crippen molar-refractivity contribution < 1.29 is 19.1 Å². The number of hydrogen-bond donors (Lipinski definition) is 1. The van der Waals surface area contributed by atoms with Crippen molar-refractivity contribution in [2.75, 3.05) is 11.5 Å². The Hall–Kier alpha value is -3.67. The van der Waals surface area contributed by atoms with Gasteiger partial charge in [-0.2, -0.15) is 0 Å². The quantitative estimate of drug-likeness (QED) is 0.476. The van der Waals surface area contributed by atoms with Crippen molar-refractivity contribution in [1.29, 1.82) is 0 Å². The predicted octanol–water partition coefficient (Wildman–Crippen LogP) is 3.48. The van der Waals surface area contributed by atoms with Gasteiger partial charge < -0.3 is 4.74 Å². The molecular formula is C22H20N2O4. The van der Waals surface area contributed by atoms with Gasteiger partial charge in [0.1, 0.15) is 17.9 Å². The van der Waals surface area contributed by atoms with Crippen LogP contribution in [-0.4, -0.2) is 24.5 Å². The van der Waals surface area contributed by atoms with Gasteiger partial charge in [-0.05, 0) is 47.9 Å². The molecule has 6 nitrogen and oxygen atoms in total. The van der Waals surface area contributed by atoms with Gasteiger partial charge in [-0.1, -0.05) is 43.8 Å². The number of anilines is 1. The summed E-state index contributed by atoms with van der Waals surface area (Å²) in [6, 6.07) is 13.3. The molecule has 3 rings (SSSR count). The van der Waals surface area contributed by atoms with E-state index in [4.69, 9.17) is 4.74 Å². The van der Waals surface area contributed by atoms with Crippen LogP contribution in [0, 0.1) is 0 Å². The van der Waals surface area contributed by atoms with Gasteiger partial charge in [0.2, 0.25) is 0 Å². The van der Waals surface area contributed by atoms with Crippen molar-refractivity contribution in [3.63, 3.8) is 0 Å². The number of benzene rings is 2. The lowest BCUT2D eigenvalue weighted by molar-refractivity contribution is -0.122. The Morgan fingerprint density at radius 1 is 1.11 bits per heavy atom. The maximum Gasteiger partial charge on any atom is 0.335 e.